The highest BCUT2D eigenvalue weighted by atomic mass is 79.9. The largest absolute Gasteiger partial charge is 0.493 e. The van der Waals surface area contributed by atoms with Crippen molar-refractivity contribution in [2.24, 2.45) is 0 Å². The summed E-state index contributed by atoms with van der Waals surface area (Å²) in [4.78, 5) is 11.3. The lowest BCUT2D eigenvalue weighted by Crippen LogP contribution is -2.11. The van der Waals surface area contributed by atoms with Gasteiger partial charge in [0.25, 0.3) is 0 Å². The second-order valence-electron chi connectivity index (χ2n) is 8.58. The molecule has 1 atom stereocenters. The first-order chi connectivity index (χ1) is 17.7. The molecule has 0 fully saturated rings. The van der Waals surface area contributed by atoms with Gasteiger partial charge in [0, 0.05) is 15.1 Å². The van der Waals surface area contributed by atoms with Crippen molar-refractivity contribution in [3.8, 4) is 17.2 Å². The molecule has 0 aliphatic carbocycles. The third-order valence-corrected chi connectivity index (χ3v) is 7.68. The zero-order chi connectivity index (χ0) is 26.5. The van der Waals surface area contributed by atoms with Gasteiger partial charge in [0.2, 0.25) is 6.54 Å². The lowest BCUT2D eigenvalue weighted by atomic mass is 10.1. The smallest absolute Gasteiger partial charge is 0.220 e. The number of nitrogens with zero attached hydrogens (tertiary/aromatic N) is 4. The van der Waals surface area contributed by atoms with E-state index < -0.39 is 5.25 Å². The Morgan fingerprint density at radius 1 is 1.00 bits per heavy atom. The lowest BCUT2D eigenvalue weighted by molar-refractivity contribution is -0.479. The van der Waals surface area contributed by atoms with Crippen molar-refractivity contribution in [1.82, 2.24) is 14.8 Å². The van der Waals surface area contributed by atoms with Gasteiger partial charge in [-0.25, -0.2) is 0 Å². The van der Waals surface area contributed by atoms with Crippen LogP contribution in [0, 0.1) is 30.9 Å². The standard InChI is InChI=1S/C27H27BrN4O4S/c1-17-5-11-23(13-18(17)2)32-19(3)29-30-27(32)37-26(15-31(33)34)21-8-12-24(25(14-21)35-4)36-16-20-6-9-22(28)10-7-20/h5-14,26H,15-16H2,1-4H3/t26-/m1/s1. The van der Waals surface area contributed by atoms with E-state index in [1.807, 2.05) is 60.9 Å². The molecule has 0 saturated heterocycles. The molecule has 0 spiro atoms. The van der Waals surface area contributed by atoms with Gasteiger partial charge >= 0.3 is 0 Å². The molecule has 0 N–H and O–H groups in total. The molecule has 8 nitrogen and oxygen atoms in total. The molecule has 4 aromatic rings. The Labute approximate surface area is 228 Å². The van der Waals surface area contributed by atoms with Gasteiger partial charge in [-0.3, -0.25) is 14.7 Å². The van der Waals surface area contributed by atoms with Crippen LogP contribution in [0.15, 0.2) is 70.3 Å². The maximum absolute atomic E-state index is 11.6. The van der Waals surface area contributed by atoms with Crippen molar-refractivity contribution < 1.29 is 14.4 Å². The van der Waals surface area contributed by atoms with E-state index in [0.29, 0.717) is 29.1 Å². The number of hydrogen-bond acceptors (Lipinski definition) is 7. The predicted molar refractivity (Wildman–Crippen MR) is 147 cm³/mol. The highest BCUT2D eigenvalue weighted by molar-refractivity contribution is 9.10. The molecule has 0 amide bonds. The topological polar surface area (TPSA) is 92.3 Å². The monoisotopic (exact) mass is 582 g/mol. The molecule has 192 valence electrons. The Morgan fingerprint density at radius 3 is 2.43 bits per heavy atom. The van der Waals surface area contributed by atoms with Crippen LogP contribution in [0.3, 0.4) is 0 Å². The van der Waals surface area contributed by atoms with Gasteiger partial charge in [-0.05, 0) is 79.4 Å². The number of ether oxygens (including phenoxy) is 2. The van der Waals surface area contributed by atoms with Gasteiger partial charge in [-0.15, -0.1) is 10.2 Å². The first kappa shape index (κ1) is 26.7. The molecule has 1 heterocycles. The van der Waals surface area contributed by atoms with Crippen LogP contribution in [0.5, 0.6) is 11.5 Å². The molecule has 0 aliphatic heterocycles. The second kappa shape index (κ2) is 11.8. The van der Waals surface area contributed by atoms with Crippen molar-refractivity contribution in [1.29, 1.82) is 0 Å². The zero-order valence-corrected chi connectivity index (χ0v) is 23.4. The van der Waals surface area contributed by atoms with Crippen molar-refractivity contribution in [2.75, 3.05) is 13.7 Å². The van der Waals surface area contributed by atoms with Crippen LogP contribution < -0.4 is 9.47 Å². The summed E-state index contributed by atoms with van der Waals surface area (Å²) in [6.07, 6.45) is 0. The van der Waals surface area contributed by atoms with Gasteiger partial charge in [0.15, 0.2) is 16.7 Å². The summed E-state index contributed by atoms with van der Waals surface area (Å²) >= 11 is 4.74. The summed E-state index contributed by atoms with van der Waals surface area (Å²) in [5, 5.41) is 20.3. The van der Waals surface area contributed by atoms with Crippen molar-refractivity contribution in [3.63, 3.8) is 0 Å². The fourth-order valence-corrected chi connectivity index (χ4v) is 5.23. The van der Waals surface area contributed by atoms with Crippen LogP contribution in [0.25, 0.3) is 5.69 Å². The minimum Gasteiger partial charge on any atom is -0.493 e. The van der Waals surface area contributed by atoms with E-state index in [2.05, 4.69) is 39.1 Å². The van der Waals surface area contributed by atoms with E-state index in [9.17, 15) is 10.1 Å². The summed E-state index contributed by atoms with van der Waals surface area (Å²) in [7, 11) is 1.56. The summed E-state index contributed by atoms with van der Waals surface area (Å²) in [6.45, 7) is 6.06. The first-order valence-corrected chi connectivity index (χ1v) is 13.3. The minimum atomic E-state index is -0.515. The molecule has 10 heteroatoms. The van der Waals surface area contributed by atoms with Crippen molar-refractivity contribution in [2.45, 2.75) is 37.8 Å². The summed E-state index contributed by atoms with van der Waals surface area (Å²) < 4.78 is 14.5. The van der Waals surface area contributed by atoms with Gasteiger partial charge < -0.3 is 9.47 Å². The third kappa shape index (κ3) is 6.50. The predicted octanol–water partition coefficient (Wildman–Crippen LogP) is 6.65. The highest BCUT2D eigenvalue weighted by Crippen LogP contribution is 2.39. The van der Waals surface area contributed by atoms with Crippen LogP contribution in [0.2, 0.25) is 0 Å². The van der Waals surface area contributed by atoms with E-state index in [1.165, 1.54) is 17.3 Å². The van der Waals surface area contributed by atoms with Crippen LogP contribution in [-0.4, -0.2) is 33.3 Å². The molecule has 4 rings (SSSR count). The molecule has 0 saturated carbocycles. The second-order valence-corrected chi connectivity index (χ2v) is 10.7. The Hall–Kier alpha value is -3.37. The number of benzene rings is 3. The summed E-state index contributed by atoms with van der Waals surface area (Å²) in [5.74, 6) is 1.78. The Bertz CT molecular complexity index is 1410. The maximum Gasteiger partial charge on any atom is 0.220 e. The van der Waals surface area contributed by atoms with Gasteiger partial charge in [0.1, 0.15) is 17.7 Å². The molecule has 3 aromatic carbocycles. The van der Waals surface area contributed by atoms with Crippen LogP contribution in [0.4, 0.5) is 0 Å². The Balaban J connectivity index is 1.61. The number of aryl methyl sites for hydroxylation is 3. The maximum atomic E-state index is 11.6. The van der Waals surface area contributed by atoms with E-state index in [-0.39, 0.29) is 11.5 Å². The highest BCUT2D eigenvalue weighted by Gasteiger charge is 2.25. The van der Waals surface area contributed by atoms with Crippen LogP contribution >= 0.6 is 27.7 Å². The number of aromatic nitrogens is 3. The molecule has 0 bridgehead atoms. The number of hydrogen-bond donors (Lipinski definition) is 0. The molecule has 0 unspecified atom stereocenters. The van der Waals surface area contributed by atoms with E-state index in [0.717, 1.165) is 26.9 Å². The average Bonchev–Trinajstić information content (AvgIpc) is 3.24. The Kier molecular flexibility index (Phi) is 8.50. The van der Waals surface area contributed by atoms with E-state index in [1.54, 1.807) is 19.2 Å². The number of halogens is 1. The lowest BCUT2D eigenvalue weighted by Gasteiger charge is -2.17. The van der Waals surface area contributed by atoms with Gasteiger partial charge in [-0.2, -0.15) is 0 Å². The molecular weight excluding hydrogens is 556 g/mol. The van der Waals surface area contributed by atoms with Gasteiger partial charge in [0.05, 0.1) is 7.11 Å². The molecule has 37 heavy (non-hydrogen) atoms. The molecular formula is C27H27BrN4O4S. The van der Waals surface area contributed by atoms with Gasteiger partial charge in [-0.1, -0.05) is 52.0 Å². The summed E-state index contributed by atoms with van der Waals surface area (Å²) in [5.41, 5.74) is 5.00. The SMILES string of the molecule is COc1cc([C@@H](C[N+](=O)[O-])Sc2nnc(C)n2-c2ccc(C)c(C)c2)ccc1OCc1ccc(Br)cc1. The normalized spacial score (nSPS) is 11.8. The van der Waals surface area contributed by atoms with Crippen LogP contribution in [-0.2, 0) is 6.61 Å². The number of rotatable bonds is 10. The third-order valence-electron chi connectivity index (χ3n) is 5.97. The van der Waals surface area contributed by atoms with Crippen LogP contribution in [0.1, 0.15) is 33.3 Å². The minimum absolute atomic E-state index is 0.286. The molecule has 0 radical (unpaired) electrons. The Morgan fingerprint density at radius 2 is 1.76 bits per heavy atom. The number of nitro groups is 1. The number of thioether (sulfide) groups is 1. The van der Waals surface area contributed by atoms with Crippen molar-refractivity contribution >= 4 is 27.7 Å². The van der Waals surface area contributed by atoms with E-state index in [4.69, 9.17) is 9.47 Å². The zero-order valence-electron chi connectivity index (χ0n) is 21.0. The first-order valence-electron chi connectivity index (χ1n) is 11.6. The molecule has 0 aliphatic rings. The quantitative estimate of drug-likeness (QED) is 0.117. The fourth-order valence-electron chi connectivity index (χ4n) is 3.80. The number of methoxy groups -OCH3 is 1. The van der Waals surface area contributed by atoms with E-state index >= 15 is 0 Å². The fraction of sp³-hybridized carbons (Fsp3) is 0.259. The summed E-state index contributed by atoms with van der Waals surface area (Å²) in [6, 6.07) is 19.4. The average molecular weight is 584 g/mol. The molecule has 1 aromatic heterocycles. The van der Waals surface area contributed by atoms with Crippen molar-refractivity contribution in [3.05, 3.63) is 103 Å².